The Balaban J connectivity index is 1.57. The fourth-order valence-corrected chi connectivity index (χ4v) is 3.12. The predicted octanol–water partition coefficient (Wildman–Crippen LogP) is 4.82. The van der Waals surface area contributed by atoms with Gasteiger partial charge in [-0.05, 0) is 62.6 Å². The number of rotatable bonds is 3. The van der Waals surface area contributed by atoms with Crippen LogP contribution in [0, 0.1) is 0 Å². The van der Waals surface area contributed by atoms with Crippen LogP contribution in [-0.4, -0.2) is 17.2 Å². The van der Waals surface area contributed by atoms with Gasteiger partial charge in [-0.1, -0.05) is 30.3 Å². The van der Waals surface area contributed by atoms with Crippen molar-refractivity contribution in [2.75, 3.05) is 0 Å². The Morgan fingerprint density at radius 1 is 1.08 bits per heavy atom. The summed E-state index contributed by atoms with van der Waals surface area (Å²) in [6.07, 6.45) is 1.49. The lowest BCUT2D eigenvalue weighted by Crippen LogP contribution is -2.16. The summed E-state index contributed by atoms with van der Waals surface area (Å²) in [4.78, 5) is 12.3. The highest BCUT2D eigenvalue weighted by Crippen LogP contribution is 2.28. The number of carbonyl (C=O) groups excluding carboxylic acids is 1. The summed E-state index contributed by atoms with van der Waals surface area (Å²) in [6, 6.07) is 18.4. The van der Waals surface area contributed by atoms with Crippen LogP contribution in [0.4, 0.5) is 0 Å². The molecule has 0 aliphatic heterocycles. The van der Waals surface area contributed by atoms with Gasteiger partial charge in [0.15, 0.2) is 5.76 Å². The molecule has 0 atom stereocenters. The number of phenols is 1. The van der Waals surface area contributed by atoms with E-state index in [-0.39, 0.29) is 11.5 Å². The first kappa shape index (κ1) is 16.4. The lowest BCUT2D eigenvalue weighted by molar-refractivity contribution is 0.0929. The van der Waals surface area contributed by atoms with Gasteiger partial charge >= 0.3 is 5.91 Å². The summed E-state index contributed by atoms with van der Waals surface area (Å²) in [5.74, 6) is -0.0968. The van der Waals surface area contributed by atoms with Gasteiger partial charge in [-0.3, -0.25) is 4.79 Å². The molecule has 0 bridgehead atoms. The van der Waals surface area contributed by atoms with E-state index in [1.165, 1.54) is 12.3 Å². The number of aromatic hydroxyl groups is 1. The Morgan fingerprint density at radius 3 is 2.77 bits per heavy atom. The molecule has 0 spiro atoms. The van der Waals surface area contributed by atoms with E-state index in [1.807, 2.05) is 36.4 Å². The van der Waals surface area contributed by atoms with Crippen LogP contribution < -0.4 is 5.43 Å². The van der Waals surface area contributed by atoms with E-state index in [9.17, 15) is 9.90 Å². The first-order chi connectivity index (χ1) is 12.6. The second-order valence-corrected chi connectivity index (χ2v) is 6.57. The largest absolute Gasteiger partial charge is 0.507 e. The number of carbonyl (C=O) groups is 1. The minimum absolute atomic E-state index is 0.140. The molecule has 0 saturated carbocycles. The first-order valence-corrected chi connectivity index (χ1v) is 8.64. The molecule has 0 saturated heterocycles. The minimum atomic E-state index is -0.431. The van der Waals surface area contributed by atoms with Crippen molar-refractivity contribution in [2.24, 2.45) is 5.10 Å². The average Bonchev–Trinajstić information content (AvgIpc) is 3.09. The maximum Gasteiger partial charge on any atom is 0.307 e. The Kier molecular flexibility index (Phi) is 4.18. The molecule has 0 aliphatic rings. The Hall–Kier alpha value is -3.12. The van der Waals surface area contributed by atoms with Crippen LogP contribution in [0.2, 0.25) is 0 Å². The summed E-state index contributed by atoms with van der Waals surface area (Å²) in [5, 5.41) is 16.4. The standard InChI is InChI=1S/C20H13BrN2O3/c21-16-9-12(5-7-17(16)24)11-22-23-20(25)19-10-15-14-4-2-1-3-13(14)6-8-18(15)26-19/h1-11,24H,(H,23,25)/b22-11+. The number of nitrogens with one attached hydrogen (secondary N) is 1. The quantitative estimate of drug-likeness (QED) is 0.377. The molecule has 26 heavy (non-hydrogen) atoms. The summed E-state index contributed by atoms with van der Waals surface area (Å²) in [7, 11) is 0. The molecule has 4 aromatic rings. The van der Waals surface area contributed by atoms with Crippen molar-refractivity contribution in [3.05, 3.63) is 76.5 Å². The molecule has 5 nitrogen and oxygen atoms in total. The van der Waals surface area contributed by atoms with Crippen LogP contribution in [0.25, 0.3) is 21.7 Å². The van der Waals surface area contributed by atoms with E-state index < -0.39 is 5.91 Å². The number of hydrazone groups is 1. The molecule has 3 aromatic carbocycles. The normalized spacial score (nSPS) is 11.4. The van der Waals surface area contributed by atoms with Gasteiger partial charge in [-0.15, -0.1) is 0 Å². The summed E-state index contributed by atoms with van der Waals surface area (Å²) < 4.78 is 6.20. The molecule has 128 valence electrons. The van der Waals surface area contributed by atoms with Crippen molar-refractivity contribution in [1.29, 1.82) is 0 Å². The van der Waals surface area contributed by atoms with E-state index in [1.54, 1.807) is 18.2 Å². The Bertz CT molecular complexity index is 1160. The van der Waals surface area contributed by atoms with E-state index >= 15 is 0 Å². The zero-order valence-corrected chi connectivity index (χ0v) is 15.0. The number of hydrogen-bond donors (Lipinski definition) is 2. The highest BCUT2D eigenvalue weighted by Gasteiger charge is 2.13. The number of benzene rings is 3. The molecular formula is C20H13BrN2O3. The minimum Gasteiger partial charge on any atom is -0.507 e. The maximum atomic E-state index is 12.3. The fourth-order valence-electron chi connectivity index (χ4n) is 2.73. The SMILES string of the molecule is O=C(N/N=C/c1ccc(O)c(Br)c1)c1cc2c(ccc3ccccc32)o1. The molecule has 0 unspecified atom stereocenters. The first-order valence-electron chi connectivity index (χ1n) is 7.85. The van der Waals surface area contributed by atoms with E-state index in [0.29, 0.717) is 10.1 Å². The predicted molar refractivity (Wildman–Crippen MR) is 105 cm³/mol. The molecule has 0 radical (unpaired) electrons. The van der Waals surface area contributed by atoms with Crippen LogP contribution in [0.3, 0.4) is 0 Å². The molecule has 1 amide bonds. The van der Waals surface area contributed by atoms with Crippen LogP contribution in [0.1, 0.15) is 16.1 Å². The maximum absolute atomic E-state index is 12.3. The molecule has 1 aromatic heterocycles. The molecule has 0 fully saturated rings. The number of halogens is 1. The summed E-state index contributed by atoms with van der Waals surface area (Å²) >= 11 is 3.23. The smallest absolute Gasteiger partial charge is 0.307 e. The third-order valence-electron chi connectivity index (χ3n) is 4.00. The number of nitrogens with zero attached hydrogens (tertiary/aromatic N) is 1. The van der Waals surface area contributed by atoms with E-state index in [2.05, 4.69) is 26.5 Å². The van der Waals surface area contributed by atoms with Crippen molar-refractivity contribution < 1.29 is 14.3 Å². The average molecular weight is 409 g/mol. The van der Waals surface area contributed by atoms with Gasteiger partial charge in [0.25, 0.3) is 0 Å². The van der Waals surface area contributed by atoms with E-state index in [4.69, 9.17) is 4.42 Å². The second kappa shape index (κ2) is 6.65. The molecule has 6 heteroatoms. The lowest BCUT2D eigenvalue weighted by atomic mass is 10.1. The van der Waals surface area contributed by atoms with Gasteiger partial charge in [0.1, 0.15) is 11.3 Å². The molecule has 0 aliphatic carbocycles. The highest BCUT2D eigenvalue weighted by molar-refractivity contribution is 9.10. The van der Waals surface area contributed by atoms with Crippen LogP contribution >= 0.6 is 15.9 Å². The number of hydrogen-bond acceptors (Lipinski definition) is 4. The van der Waals surface area contributed by atoms with Crippen molar-refractivity contribution in [2.45, 2.75) is 0 Å². The van der Waals surface area contributed by atoms with Gasteiger partial charge in [0, 0.05) is 5.39 Å². The second-order valence-electron chi connectivity index (χ2n) is 5.72. The number of phenolic OH excluding ortho intramolecular Hbond substituents is 1. The van der Waals surface area contributed by atoms with Crippen LogP contribution in [0.5, 0.6) is 5.75 Å². The van der Waals surface area contributed by atoms with Crippen molar-refractivity contribution in [3.63, 3.8) is 0 Å². The molecular weight excluding hydrogens is 396 g/mol. The van der Waals surface area contributed by atoms with Gasteiger partial charge in [-0.25, -0.2) is 5.43 Å². The van der Waals surface area contributed by atoms with Crippen LogP contribution in [-0.2, 0) is 0 Å². The van der Waals surface area contributed by atoms with Gasteiger partial charge in [0.05, 0.1) is 10.7 Å². The third-order valence-corrected chi connectivity index (χ3v) is 4.64. The summed E-state index contributed by atoms with van der Waals surface area (Å²) in [6.45, 7) is 0. The molecule has 1 heterocycles. The lowest BCUT2D eigenvalue weighted by Gasteiger charge is -1.98. The zero-order valence-electron chi connectivity index (χ0n) is 13.4. The molecule has 4 rings (SSSR count). The number of furan rings is 1. The van der Waals surface area contributed by atoms with Gasteiger partial charge in [0.2, 0.25) is 0 Å². The third kappa shape index (κ3) is 3.07. The van der Waals surface area contributed by atoms with Crippen molar-refractivity contribution >= 4 is 49.8 Å². The fraction of sp³-hybridized carbons (Fsp3) is 0. The van der Waals surface area contributed by atoms with Gasteiger partial charge < -0.3 is 9.52 Å². The Morgan fingerprint density at radius 2 is 1.92 bits per heavy atom. The van der Waals surface area contributed by atoms with E-state index in [0.717, 1.165) is 21.7 Å². The van der Waals surface area contributed by atoms with Crippen molar-refractivity contribution in [3.8, 4) is 5.75 Å². The highest BCUT2D eigenvalue weighted by atomic mass is 79.9. The number of fused-ring (bicyclic) bond motifs is 3. The summed E-state index contributed by atoms with van der Waals surface area (Å²) in [5.41, 5.74) is 3.83. The Labute approximate surface area is 157 Å². The van der Waals surface area contributed by atoms with Crippen LogP contribution in [0.15, 0.2) is 74.7 Å². The number of amides is 1. The van der Waals surface area contributed by atoms with Crippen molar-refractivity contribution in [1.82, 2.24) is 5.43 Å². The molecule has 2 N–H and O–H groups in total. The van der Waals surface area contributed by atoms with Gasteiger partial charge in [-0.2, -0.15) is 5.10 Å². The zero-order chi connectivity index (χ0) is 18.1. The topological polar surface area (TPSA) is 74.8 Å². The monoisotopic (exact) mass is 408 g/mol.